The second kappa shape index (κ2) is 4.79. The number of benzene rings is 1. The Kier molecular flexibility index (Phi) is 3.38. The zero-order valence-electron chi connectivity index (χ0n) is 9.42. The van der Waals surface area contributed by atoms with Crippen molar-refractivity contribution in [1.29, 1.82) is 0 Å². The maximum absolute atomic E-state index is 12.0. The first-order valence-electron chi connectivity index (χ1n) is 5.32. The van der Waals surface area contributed by atoms with E-state index in [2.05, 4.69) is 0 Å². The fraction of sp³-hybridized carbons (Fsp3) is 0.333. The predicted molar refractivity (Wildman–Crippen MR) is 66.3 cm³/mol. The number of carbonyl (C=O) groups is 2. The molecule has 17 heavy (non-hydrogen) atoms. The third kappa shape index (κ3) is 2.15. The number of amides is 1. The molecule has 0 radical (unpaired) electrons. The van der Waals surface area contributed by atoms with E-state index >= 15 is 0 Å². The lowest BCUT2D eigenvalue weighted by atomic mass is 10.1. The average molecular weight is 251 g/mol. The van der Waals surface area contributed by atoms with Gasteiger partial charge in [-0.3, -0.25) is 9.59 Å². The predicted octanol–water partition coefficient (Wildman–Crippen LogP) is 1.85. The Morgan fingerprint density at radius 3 is 2.76 bits per heavy atom. The Hall–Kier alpha value is -1.49. The van der Waals surface area contributed by atoms with E-state index in [1.807, 2.05) is 30.5 Å². The quantitative estimate of drug-likeness (QED) is 0.658. The lowest BCUT2D eigenvalue weighted by Gasteiger charge is -2.18. The monoisotopic (exact) mass is 251 g/mol. The van der Waals surface area contributed by atoms with Gasteiger partial charge in [-0.15, -0.1) is 11.8 Å². The molecule has 0 aromatic heterocycles. The van der Waals surface area contributed by atoms with E-state index < -0.39 is 11.9 Å². The van der Waals surface area contributed by atoms with Crippen molar-refractivity contribution >= 4 is 29.3 Å². The summed E-state index contributed by atoms with van der Waals surface area (Å²) in [4.78, 5) is 25.4. The minimum absolute atomic E-state index is 0.306. The number of rotatable bonds is 3. The Labute approximate surface area is 104 Å². The molecule has 2 rings (SSSR count). The highest BCUT2D eigenvalue weighted by Crippen LogP contribution is 2.32. The second-order valence-electron chi connectivity index (χ2n) is 3.84. The van der Waals surface area contributed by atoms with Crippen LogP contribution in [0, 0.1) is 5.92 Å². The third-order valence-electron chi connectivity index (χ3n) is 2.88. The summed E-state index contributed by atoms with van der Waals surface area (Å²) in [6.45, 7) is 0.480. The smallest absolute Gasteiger partial charge is 0.316 e. The molecule has 5 heteroatoms. The van der Waals surface area contributed by atoms with E-state index in [9.17, 15) is 9.59 Å². The zero-order chi connectivity index (χ0) is 12.4. The number of anilines is 1. The summed E-state index contributed by atoms with van der Waals surface area (Å²) in [5, 5.41) is 8.92. The van der Waals surface area contributed by atoms with E-state index in [-0.39, 0.29) is 5.91 Å². The Bertz CT molecular complexity index is 461. The van der Waals surface area contributed by atoms with Gasteiger partial charge in [0.05, 0.1) is 5.69 Å². The van der Waals surface area contributed by atoms with Crippen LogP contribution >= 0.6 is 11.8 Å². The van der Waals surface area contributed by atoms with Crippen LogP contribution in [-0.2, 0) is 9.59 Å². The number of para-hydroxylation sites is 1. The highest BCUT2D eigenvalue weighted by molar-refractivity contribution is 7.98. The van der Waals surface area contributed by atoms with E-state index in [0.29, 0.717) is 13.0 Å². The van der Waals surface area contributed by atoms with Gasteiger partial charge < -0.3 is 10.0 Å². The minimum atomic E-state index is -1.03. The molecule has 1 aliphatic rings. The number of hydrogen-bond acceptors (Lipinski definition) is 3. The molecule has 4 nitrogen and oxygen atoms in total. The number of carboxylic acid groups (broad SMARTS) is 1. The van der Waals surface area contributed by atoms with Crippen LogP contribution in [0.2, 0.25) is 0 Å². The van der Waals surface area contributed by atoms with Gasteiger partial charge in [0.25, 0.3) is 0 Å². The lowest BCUT2D eigenvalue weighted by molar-refractivity contribution is -0.144. The standard InChI is InChI=1S/C12H13NO3S/c1-17-10-5-3-2-4-9(10)13-7-6-8(11(13)14)12(15)16/h2-5,8H,6-7H2,1H3,(H,15,16). The van der Waals surface area contributed by atoms with Crippen LogP contribution in [0.25, 0.3) is 0 Å². The molecule has 1 heterocycles. The maximum Gasteiger partial charge on any atom is 0.316 e. The summed E-state index contributed by atoms with van der Waals surface area (Å²) in [5.41, 5.74) is 0.814. The molecule has 0 aliphatic carbocycles. The Balaban J connectivity index is 2.30. The fourth-order valence-corrected chi connectivity index (χ4v) is 2.60. The van der Waals surface area contributed by atoms with Crippen molar-refractivity contribution in [2.24, 2.45) is 5.92 Å². The van der Waals surface area contributed by atoms with Crippen molar-refractivity contribution in [2.75, 3.05) is 17.7 Å². The molecule has 0 saturated carbocycles. The van der Waals surface area contributed by atoms with Crippen LogP contribution in [0.4, 0.5) is 5.69 Å². The maximum atomic E-state index is 12.0. The van der Waals surface area contributed by atoms with Gasteiger partial charge in [0.15, 0.2) is 0 Å². The number of hydrogen-bond donors (Lipinski definition) is 1. The van der Waals surface area contributed by atoms with Crippen molar-refractivity contribution in [2.45, 2.75) is 11.3 Å². The summed E-state index contributed by atoms with van der Waals surface area (Å²) in [5.74, 6) is -2.22. The summed E-state index contributed by atoms with van der Waals surface area (Å²) in [6.07, 6.45) is 2.32. The summed E-state index contributed by atoms with van der Waals surface area (Å²) < 4.78 is 0. The normalized spacial score (nSPS) is 19.7. The molecule has 1 unspecified atom stereocenters. The molecule has 1 aromatic rings. The van der Waals surface area contributed by atoms with Crippen LogP contribution in [0.3, 0.4) is 0 Å². The number of carboxylic acids is 1. The van der Waals surface area contributed by atoms with Gasteiger partial charge in [-0.25, -0.2) is 0 Å². The lowest BCUT2D eigenvalue weighted by Crippen LogP contribution is -2.30. The van der Waals surface area contributed by atoms with E-state index in [1.54, 1.807) is 16.7 Å². The van der Waals surface area contributed by atoms with E-state index in [4.69, 9.17) is 5.11 Å². The van der Waals surface area contributed by atoms with E-state index in [1.165, 1.54) is 0 Å². The molecule has 0 spiro atoms. The molecule has 0 bridgehead atoms. The van der Waals surface area contributed by atoms with Gasteiger partial charge in [-0.2, -0.15) is 0 Å². The Morgan fingerprint density at radius 2 is 2.18 bits per heavy atom. The summed E-state index contributed by atoms with van der Waals surface area (Å²) >= 11 is 1.55. The number of aliphatic carboxylic acids is 1. The molecule has 1 atom stereocenters. The first kappa shape index (κ1) is 12.0. The summed E-state index contributed by atoms with van der Waals surface area (Å²) in [6, 6.07) is 7.55. The third-order valence-corrected chi connectivity index (χ3v) is 3.66. The highest BCUT2D eigenvalue weighted by atomic mass is 32.2. The van der Waals surface area contributed by atoms with Crippen molar-refractivity contribution in [3.63, 3.8) is 0 Å². The van der Waals surface area contributed by atoms with Gasteiger partial charge >= 0.3 is 5.97 Å². The van der Waals surface area contributed by atoms with Crippen molar-refractivity contribution in [3.05, 3.63) is 24.3 Å². The van der Waals surface area contributed by atoms with Gasteiger partial charge in [0.2, 0.25) is 5.91 Å². The largest absolute Gasteiger partial charge is 0.481 e. The molecule has 1 saturated heterocycles. The second-order valence-corrected chi connectivity index (χ2v) is 4.69. The number of nitrogens with zero attached hydrogens (tertiary/aromatic N) is 1. The average Bonchev–Trinajstić information content (AvgIpc) is 2.71. The van der Waals surface area contributed by atoms with Crippen molar-refractivity contribution < 1.29 is 14.7 Å². The number of thioether (sulfide) groups is 1. The van der Waals surface area contributed by atoms with Gasteiger partial charge in [-0.1, -0.05) is 12.1 Å². The molecule has 90 valence electrons. The SMILES string of the molecule is CSc1ccccc1N1CCC(C(=O)O)C1=O. The zero-order valence-corrected chi connectivity index (χ0v) is 10.2. The Morgan fingerprint density at radius 1 is 1.47 bits per heavy atom. The molecule has 1 amide bonds. The fourth-order valence-electron chi connectivity index (χ4n) is 2.00. The van der Waals surface area contributed by atoms with Crippen LogP contribution < -0.4 is 4.90 Å². The van der Waals surface area contributed by atoms with Crippen LogP contribution in [-0.4, -0.2) is 29.8 Å². The first-order chi connectivity index (χ1) is 8.15. The molecule has 1 fully saturated rings. The van der Waals surface area contributed by atoms with Crippen LogP contribution in [0.1, 0.15) is 6.42 Å². The minimum Gasteiger partial charge on any atom is -0.481 e. The molecular formula is C12H13NO3S. The van der Waals surface area contributed by atoms with Crippen molar-refractivity contribution in [1.82, 2.24) is 0 Å². The van der Waals surface area contributed by atoms with Crippen LogP contribution in [0.5, 0.6) is 0 Å². The summed E-state index contributed by atoms with van der Waals surface area (Å²) in [7, 11) is 0. The molecule has 1 N–H and O–H groups in total. The van der Waals surface area contributed by atoms with Gasteiger partial charge in [-0.05, 0) is 24.8 Å². The molecular weight excluding hydrogens is 238 g/mol. The molecule has 1 aliphatic heterocycles. The first-order valence-corrected chi connectivity index (χ1v) is 6.55. The van der Waals surface area contributed by atoms with Crippen molar-refractivity contribution in [3.8, 4) is 0 Å². The van der Waals surface area contributed by atoms with E-state index in [0.717, 1.165) is 10.6 Å². The van der Waals surface area contributed by atoms with Gasteiger partial charge in [0.1, 0.15) is 5.92 Å². The topological polar surface area (TPSA) is 57.6 Å². The highest BCUT2D eigenvalue weighted by Gasteiger charge is 2.38. The van der Waals surface area contributed by atoms with Gasteiger partial charge in [0, 0.05) is 11.4 Å². The molecule has 1 aromatic carbocycles. The van der Waals surface area contributed by atoms with Crippen LogP contribution in [0.15, 0.2) is 29.2 Å². The number of carbonyl (C=O) groups excluding carboxylic acids is 1.